The van der Waals surface area contributed by atoms with Crippen molar-refractivity contribution in [1.29, 1.82) is 0 Å². The molecule has 2 aromatic carbocycles. The molecule has 2 rings (SSSR count). The topological polar surface area (TPSA) is 12.0 Å². The SMILES string of the molecule is CCNCc1ccc(SC/C=C/c2ccccc2)cc1. The molecule has 20 heavy (non-hydrogen) atoms. The van der Waals surface area contributed by atoms with E-state index in [9.17, 15) is 0 Å². The summed E-state index contributed by atoms with van der Waals surface area (Å²) in [7, 11) is 0. The number of benzene rings is 2. The lowest BCUT2D eigenvalue weighted by atomic mass is 10.2. The Balaban J connectivity index is 1.78. The Kier molecular flexibility index (Phi) is 6.42. The van der Waals surface area contributed by atoms with E-state index >= 15 is 0 Å². The molecule has 0 amide bonds. The smallest absolute Gasteiger partial charge is 0.0205 e. The van der Waals surface area contributed by atoms with Gasteiger partial charge in [0.15, 0.2) is 0 Å². The lowest BCUT2D eigenvalue weighted by molar-refractivity contribution is 0.726. The van der Waals surface area contributed by atoms with Crippen LogP contribution in [-0.4, -0.2) is 12.3 Å². The molecule has 0 saturated heterocycles. The number of hydrogen-bond acceptors (Lipinski definition) is 2. The van der Waals surface area contributed by atoms with Gasteiger partial charge in [-0.1, -0.05) is 61.5 Å². The number of rotatable bonds is 7. The average Bonchev–Trinajstić information content (AvgIpc) is 2.52. The minimum Gasteiger partial charge on any atom is -0.313 e. The lowest BCUT2D eigenvalue weighted by Gasteiger charge is -2.03. The summed E-state index contributed by atoms with van der Waals surface area (Å²) in [5.74, 6) is 1.00. The van der Waals surface area contributed by atoms with Crippen LogP contribution in [0.5, 0.6) is 0 Å². The molecule has 0 aliphatic carbocycles. The van der Waals surface area contributed by atoms with Crippen LogP contribution >= 0.6 is 11.8 Å². The summed E-state index contributed by atoms with van der Waals surface area (Å²) < 4.78 is 0. The second kappa shape index (κ2) is 8.62. The third kappa shape index (κ3) is 5.24. The van der Waals surface area contributed by atoms with Crippen LogP contribution in [-0.2, 0) is 6.54 Å². The van der Waals surface area contributed by atoms with Gasteiger partial charge in [-0.2, -0.15) is 0 Å². The zero-order valence-corrected chi connectivity index (χ0v) is 12.7. The van der Waals surface area contributed by atoms with Crippen LogP contribution < -0.4 is 5.32 Å². The molecule has 0 saturated carbocycles. The molecule has 2 aromatic rings. The van der Waals surface area contributed by atoms with Gasteiger partial charge in [0, 0.05) is 17.2 Å². The van der Waals surface area contributed by atoms with Crippen molar-refractivity contribution in [2.24, 2.45) is 0 Å². The maximum atomic E-state index is 3.34. The Hall–Kier alpha value is -1.51. The first-order valence-corrected chi connectivity index (χ1v) is 8.01. The molecule has 0 spiro atoms. The highest BCUT2D eigenvalue weighted by atomic mass is 32.2. The highest BCUT2D eigenvalue weighted by Crippen LogP contribution is 2.19. The quantitative estimate of drug-likeness (QED) is 0.745. The van der Waals surface area contributed by atoms with Crippen LogP contribution in [0.3, 0.4) is 0 Å². The van der Waals surface area contributed by atoms with Gasteiger partial charge in [-0.05, 0) is 29.8 Å². The van der Waals surface area contributed by atoms with Crippen LogP contribution in [0.1, 0.15) is 18.1 Å². The summed E-state index contributed by atoms with van der Waals surface area (Å²) in [6.45, 7) is 4.10. The molecule has 0 bridgehead atoms. The second-order valence-corrected chi connectivity index (χ2v) is 5.64. The summed E-state index contributed by atoms with van der Waals surface area (Å²) >= 11 is 1.86. The Labute approximate surface area is 126 Å². The molecular weight excluding hydrogens is 262 g/mol. The molecule has 1 nitrogen and oxygen atoms in total. The van der Waals surface area contributed by atoms with Crippen molar-refractivity contribution in [3.63, 3.8) is 0 Å². The summed E-state index contributed by atoms with van der Waals surface area (Å²) in [5.41, 5.74) is 2.60. The monoisotopic (exact) mass is 283 g/mol. The molecular formula is C18H21NS. The summed E-state index contributed by atoms with van der Waals surface area (Å²) in [6.07, 6.45) is 4.39. The van der Waals surface area contributed by atoms with Gasteiger partial charge >= 0.3 is 0 Å². The van der Waals surface area contributed by atoms with Crippen LogP contribution in [0, 0.1) is 0 Å². The Morgan fingerprint density at radius 3 is 2.45 bits per heavy atom. The van der Waals surface area contributed by atoms with Gasteiger partial charge < -0.3 is 5.32 Å². The van der Waals surface area contributed by atoms with Crippen LogP contribution in [0.2, 0.25) is 0 Å². The van der Waals surface area contributed by atoms with Crippen molar-refractivity contribution in [1.82, 2.24) is 5.32 Å². The van der Waals surface area contributed by atoms with E-state index in [0.717, 1.165) is 18.8 Å². The maximum Gasteiger partial charge on any atom is 0.0205 e. The summed E-state index contributed by atoms with van der Waals surface area (Å²) in [6, 6.07) is 19.2. The van der Waals surface area contributed by atoms with Gasteiger partial charge in [0.1, 0.15) is 0 Å². The summed E-state index contributed by atoms with van der Waals surface area (Å²) in [5, 5.41) is 3.34. The zero-order valence-electron chi connectivity index (χ0n) is 11.9. The lowest BCUT2D eigenvalue weighted by Crippen LogP contribution is -2.11. The van der Waals surface area contributed by atoms with Crippen molar-refractivity contribution in [2.45, 2.75) is 18.4 Å². The predicted octanol–water partition coefficient (Wildman–Crippen LogP) is 4.60. The number of thioether (sulfide) groups is 1. The van der Waals surface area contributed by atoms with Crippen LogP contribution in [0.4, 0.5) is 0 Å². The Morgan fingerprint density at radius 1 is 1.00 bits per heavy atom. The fraction of sp³-hybridized carbons (Fsp3) is 0.222. The van der Waals surface area contributed by atoms with Crippen molar-refractivity contribution >= 4 is 17.8 Å². The van der Waals surface area contributed by atoms with E-state index in [-0.39, 0.29) is 0 Å². The van der Waals surface area contributed by atoms with Crippen LogP contribution in [0.25, 0.3) is 6.08 Å². The third-order valence-corrected chi connectivity index (χ3v) is 3.92. The third-order valence-electron chi connectivity index (χ3n) is 2.96. The van der Waals surface area contributed by atoms with E-state index in [1.54, 1.807) is 0 Å². The van der Waals surface area contributed by atoms with Gasteiger partial charge in [0.2, 0.25) is 0 Å². The Bertz CT molecular complexity index is 517. The first-order valence-electron chi connectivity index (χ1n) is 7.02. The predicted molar refractivity (Wildman–Crippen MR) is 90.0 cm³/mol. The Morgan fingerprint density at radius 2 is 1.75 bits per heavy atom. The molecule has 0 aromatic heterocycles. The second-order valence-electron chi connectivity index (χ2n) is 4.55. The number of nitrogens with one attached hydrogen (secondary N) is 1. The fourth-order valence-corrected chi connectivity index (χ4v) is 2.58. The average molecular weight is 283 g/mol. The van der Waals surface area contributed by atoms with Crippen molar-refractivity contribution in [3.05, 3.63) is 71.8 Å². The highest BCUT2D eigenvalue weighted by molar-refractivity contribution is 7.99. The van der Waals surface area contributed by atoms with Gasteiger partial charge in [0.25, 0.3) is 0 Å². The van der Waals surface area contributed by atoms with E-state index in [0.29, 0.717) is 0 Å². The van der Waals surface area contributed by atoms with Crippen LogP contribution in [0.15, 0.2) is 65.6 Å². The molecule has 2 heteroatoms. The minimum absolute atomic E-state index is 0.954. The van der Waals surface area contributed by atoms with Crippen molar-refractivity contribution in [3.8, 4) is 0 Å². The first-order chi connectivity index (χ1) is 9.88. The molecule has 0 aliphatic heterocycles. The molecule has 0 unspecified atom stereocenters. The minimum atomic E-state index is 0.954. The van der Waals surface area contributed by atoms with Crippen molar-refractivity contribution in [2.75, 3.05) is 12.3 Å². The number of hydrogen-bond donors (Lipinski definition) is 1. The highest BCUT2D eigenvalue weighted by Gasteiger charge is 1.94. The molecule has 104 valence electrons. The van der Waals surface area contributed by atoms with Gasteiger partial charge in [0.05, 0.1) is 0 Å². The molecule has 0 heterocycles. The molecule has 0 radical (unpaired) electrons. The van der Waals surface area contributed by atoms with E-state index in [2.05, 4.69) is 72.9 Å². The fourth-order valence-electron chi connectivity index (χ4n) is 1.87. The largest absolute Gasteiger partial charge is 0.313 e. The van der Waals surface area contributed by atoms with E-state index in [4.69, 9.17) is 0 Å². The molecule has 0 atom stereocenters. The van der Waals surface area contributed by atoms with Gasteiger partial charge in [-0.3, -0.25) is 0 Å². The normalized spacial score (nSPS) is 11.1. The van der Waals surface area contributed by atoms with E-state index < -0.39 is 0 Å². The maximum absolute atomic E-state index is 3.34. The van der Waals surface area contributed by atoms with E-state index in [1.165, 1.54) is 16.0 Å². The standard InChI is InChI=1S/C18H21NS/c1-2-19-15-17-10-12-18(13-11-17)20-14-6-9-16-7-4-3-5-8-16/h3-13,19H,2,14-15H2,1H3/b9-6+. The summed E-state index contributed by atoms with van der Waals surface area (Å²) in [4.78, 5) is 1.32. The van der Waals surface area contributed by atoms with Gasteiger partial charge in [-0.25, -0.2) is 0 Å². The first kappa shape index (κ1) is 14.9. The molecule has 1 N–H and O–H groups in total. The zero-order chi connectivity index (χ0) is 14.0. The van der Waals surface area contributed by atoms with E-state index in [1.807, 2.05) is 17.8 Å². The van der Waals surface area contributed by atoms with Crippen molar-refractivity contribution < 1.29 is 0 Å². The van der Waals surface area contributed by atoms with Gasteiger partial charge in [-0.15, -0.1) is 11.8 Å². The molecule has 0 fully saturated rings. The molecule has 0 aliphatic rings.